The summed E-state index contributed by atoms with van der Waals surface area (Å²) in [7, 11) is 0. The van der Waals surface area contributed by atoms with Crippen LogP contribution < -0.4 is 4.90 Å². The summed E-state index contributed by atoms with van der Waals surface area (Å²) in [5.41, 5.74) is 0.458. The van der Waals surface area contributed by atoms with Gasteiger partial charge in [-0.2, -0.15) is 0 Å². The maximum Gasteiger partial charge on any atom is 0.0834 e. The molecule has 76 valence electrons. The third-order valence-corrected chi connectivity index (χ3v) is 2.33. The van der Waals surface area contributed by atoms with Crippen LogP contribution in [0.2, 0.25) is 0 Å². The summed E-state index contributed by atoms with van der Waals surface area (Å²) in [6.07, 6.45) is 4.38. The Bertz CT molecular complexity index is 183. The summed E-state index contributed by atoms with van der Waals surface area (Å²) < 4.78 is 0. The lowest BCUT2D eigenvalue weighted by molar-refractivity contribution is -0.868. The predicted molar refractivity (Wildman–Crippen MR) is 55.7 cm³/mol. The van der Waals surface area contributed by atoms with Gasteiger partial charge in [0.2, 0.25) is 0 Å². The van der Waals surface area contributed by atoms with Crippen LogP contribution in [-0.2, 0) is 0 Å². The molecule has 0 spiro atoms. The summed E-state index contributed by atoms with van der Waals surface area (Å²) in [6.45, 7) is 15.7. The molecule has 0 aromatic rings. The second-order valence-corrected chi connectivity index (χ2v) is 5.73. The summed E-state index contributed by atoms with van der Waals surface area (Å²) >= 11 is 0. The summed E-state index contributed by atoms with van der Waals surface area (Å²) in [5.74, 6) is 0. The quantitative estimate of drug-likeness (QED) is 0.556. The molecule has 1 rings (SSSR count). The standard InChI is InChI=1S/C11H22N2/c1-10(2,3)12-7-8-13(9-12)11(4,5)6/h7-9,12H,1-6H3. The highest BCUT2D eigenvalue weighted by Gasteiger charge is 2.25. The Hall–Kier alpha value is -0.500. The monoisotopic (exact) mass is 182 g/mol. The van der Waals surface area contributed by atoms with Gasteiger partial charge in [0.25, 0.3) is 0 Å². The fraction of sp³-hybridized carbons (Fsp3) is 0.727. The zero-order chi connectivity index (χ0) is 10.3. The van der Waals surface area contributed by atoms with E-state index in [0.717, 1.165) is 0 Å². The highest BCUT2D eigenvalue weighted by molar-refractivity contribution is 4.93. The Morgan fingerprint density at radius 2 is 1.62 bits per heavy atom. The van der Waals surface area contributed by atoms with Gasteiger partial charge >= 0.3 is 0 Å². The number of quaternary nitrogens is 1. The van der Waals surface area contributed by atoms with Gasteiger partial charge in [0.15, 0.2) is 0 Å². The van der Waals surface area contributed by atoms with Crippen LogP contribution in [0.5, 0.6) is 0 Å². The molecule has 1 aliphatic heterocycles. The van der Waals surface area contributed by atoms with Crippen LogP contribution in [0.15, 0.2) is 12.4 Å². The summed E-state index contributed by atoms with van der Waals surface area (Å²) in [6, 6.07) is 0. The topological polar surface area (TPSA) is 7.68 Å². The fourth-order valence-corrected chi connectivity index (χ4v) is 1.26. The third kappa shape index (κ3) is 2.47. The molecule has 1 unspecified atom stereocenters. The number of nitrogens with one attached hydrogen (secondary N) is 1. The molecule has 0 radical (unpaired) electrons. The maximum atomic E-state index is 2.27. The zero-order valence-corrected chi connectivity index (χ0v) is 9.68. The van der Waals surface area contributed by atoms with E-state index in [1.54, 1.807) is 0 Å². The molecule has 1 heterocycles. The van der Waals surface area contributed by atoms with Crippen molar-refractivity contribution in [1.29, 1.82) is 0 Å². The lowest BCUT2D eigenvalue weighted by Crippen LogP contribution is -3.12. The number of hydrogen-bond acceptors (Lipinski definition) is 1. The molecular weight excluding hydrogens is 160 g/mol. The molecular formula is C11H22N2. The van der Waals surface area contributed by atoms with Crippen LogP contribution in [-0.4, -0.2) is 16.0 Å². The molecule has 0 saturated carbocycles. The Kier molecular flexibility index (Phi) is 2.46. The Balaban J connectivity index is 2.63. The lowest BCUT2D eigenvalue weighted by Gasteiger charge is -2.42. The van der Waals surface area contributed by atoms with Crippen LogP contribution in [0.4, 0.5) is 0 Å². The van der Waals surface area contributed by atoms with Crippen LogP contribution >= 0.6 is 0 Å². The molecule has 13 heavy (non-hydrogen) atoms. The van der Waals surface area contributed by atoms with Crippen molar-refractivity contribution >= 4 is 0 Å². The highest BCUT2D eigenvalue weighted by atomic mass is 15.4. The van der Waals surface area contributed by atoms with Crippen LogP contribution in [0.3, 0.4) is 0 Å². The second kappa shape index (κ2) is 3.02. The molecule has 2 nitrogen and oxygen atoms in total. The van der Waals surface area contributed by atoms with Gasteiger partial charge in [0.1, 0.15) is 0 Å². The molecule has 1 aliphatic rings. The molecule has 0 amide bonds. The van der Waals surface area contributed by atoms with Gasteiger partial charge in [0.05, 0.1) is 11.7 Å². The SMILES string of the molecule is CC(C)(C)N1C=C[NH+](C(C)(C)C)[CH-]1. The van der Waals surface area contributed by atoms with E-state index in [4.69, 9.17) is 0 Å². The minimum atomic E-state index is 0.198. The summed E-state index contributed by atoms with van der Waals surface area (Å²) in [4.78, 5) is 3.68. The minimum Gasteiger partial charge on any atom is -0.467 e. The molecule has 1 atom stereocenters. The first kappa shape index (κ1) is 10.6. The van der Waals surface area contributed by atoms with E-state index in [0.29, 0.717) is 0 Å². The van der Waals surface area contributed by atoms with Crippen molar-refractivity contribution in [2.45, 2.75) is 52.6 Å². The molecule has 0 bridgehead atoms. The second-order valence-electron chi connectivity index (χ2n) is 5.73. The third-order valence-electron chi connectivity index (χ3n) is 2.33. The highest BCUT2D eigenvalue weighted by Crippen LogP contribution is 2.16. The van der Waals surface area contributed by atoms with Gasteiger partial charge in [-0.05, 0) is 48.2 Å². The molecule has 2 heteroatoms. The molecule has 0 saturated heterocycles. The average molecular weight is 182 g/mol. The maximum absolute atomic E-state index is 2.27. The van der Waals surface area contributed by atoms with Crippen molar-refractivity contribution in [3.8, 4) is 0 Å². The van der Waals surface area contributed by atoms with E-state index in [2.05, 4.69) is 65.5 Å². The van der Waals surface area contributed by atoms with Crippen molar-refractivity contribution in [1.82, 2.24) is 4.90 Å². The molecule has 1 N–H and O–H groups in total. The lowest BCUT2D eigenvalue weighted by atomic mass is 10.1. The van der Waals surface area contributed by atoms with E-state index < -0.39 is 0 Å². The number of rotatable bonds is 0. The normalized spacial score (nSPS) is 24.2. The van der Waals surface area contributed by atoms with Crippen LogP contribution in [0.1, 0.15) is 41.5 Å². The van der Waals surface area contributed by atoms with Gasteiger partial charge < -0.3 is 9.80 Å². The van der Waals surface area contributed by atoms with Gasteiger partial charge in [-0.1, -0.05) is 0 Å². The van der Waals surface area contributed by atoms with Gasteiger partial charge in [-0.3, -0.25) is 0 Å². The van der Waals surface area contributed by atoms with Crippen molar-refractivity contribution in [3.63, 3.8) is 0 Å². The first-order chi connectivity index (χ1) is 5.71. The van der Waals surface area contributed by atoms with Gasteiger partial charge in [-0.15, -0.1) is 0 Å². The van der Waals surface area contributed by atoms with Gasteiger partial charge in [-0.25, -0.2) is 0 Å². The molecule has 0 aliphatic carbocycles. The number of hydrogen-bond donors (Lipinski definition) is 1. The van der Waals surface area contributed by atoms with E-state index in [-0.39, 0.29) is 11.1 Å². The Labute approximate surface area is 82.2 Å². The predicted octanol–water partition coefficient (Wildman–Crippen LogP) is 1.37. The van der Waals surface area contributed by atoms with Crippen LogP contribution in [0, 0.1) is 6.67 Å². The van der Waals surface area contributed by atoms with Crippen LogP contribution in [0.25, 0.3) is 0 Å². The minimum absolute atomic E-state index is 0.198. The van der Waals surface area contributed by atoms with E-state index in [9.17, 15) is 0 Å². The van der Waals surface area contributed by atoms with E-state index in [1.807, 2.05) is 0 Å². The first-order valence-corrected chi connectivity index (χ1v) is 4.90. The van der Waals surface area contributed by atoms with Crippen molar-refractivity contribution in [2.75, 3.05) is 0 Å². The smallest absolute Gasteiger partial charge is 0.0834 e. The average Bonchev–Trinajstić information content (AvgIpc) is 2.28. The van der Waals surface area contributed by atoms with Gasteiger partial charge in [0, 0.05) is 11.7 Å². The van der Waals surface area contributed by atoms with E-state index >= 15 is 0 Å². The Morgan fingerprint density at radius 3 is 1.85 bits per heavy atom. The van der Waals surface area contributed by atoms with E-state index in [1.165, 1.54) is 4.90 Å². The molecule has 0 fully saturated rings. The first-order valence-electron chi connectivity index (χ1n) is 4.90. The molecule has 0 aromatic carbocycles. The van der Waals surface area contributed by atoms with Crippen molar-refractivity contribution < 1.29 is 4.90 Å². The summed E-state index contributed by atoms with van der Waals surface area (Å²) in [5, 5.41) is 0. The van der Waals surface area contributed by atoms with Crippen molar-refractivity contribution in [3.05, 3.63) is 19.1 Å². The van der Waals surface area contributed by atoms with Crippen molar-refractivity contribution in [2.24, 2.45) is 0 Å². The number of nitrogens with zero attached hydrogens (tertiary/aromatic N) is 1. The Morgan fingerprint density at radius 1 is 1.08 bits per heavy atom. The zero-order valence-electron chi connectivity index (χ0n) is 9.68. The fourth-order valence-electron chi connectivity index (χ4n) is 1.26. The molecule has 0 aromatic heterocycles. The largest absolute Gasteiger partial charge is 0.467 e.